The van der Waals surface area contributed by atoms with Crippen molar-refractivity contribution in [1.29, 1.82) is 0 Å². The summed E-state index contributed by atoms with van der Waals surface area (Å²) >= 11 is 6.03. The molecule has 0 bridgehead atoms. The summed E-state index contributed by atoms with van der Waals surface area (Å²) < 4.78 is 0. The molecule has 3 aromatic carbocycles. The number of rotatable bonds is 7. The number of aryl methyl sites for hydroxylation is 1. The Kier molecular flexibility index (Phi) is 6.19. The minimum Gasteiger partial charge on any atom is -0.350 e. The van der Waals surface area contributed by atoms with E-state index in [0.717, 1.165) is 17.7 Å². The van der Waals surface area contributed by atoms with Crippen LogP contribution >= 0.6 is 11.6 Å². The lowest BCUT2D eigenvalue weighted by molar-refractivity contribution is -0.136. The summed E-state index contributed by atoms with van der Waals surface area (Å²) in [5.74, 6) is -0.610. The van der Waals surface area contributed by atoms with E-state index in [4.69, 9.17) is 11.6 Å². The average Bonchev–Trinajstić information content (AvgIpc) is 3.03. The van der Waals surface area contributed by atoms with Gasteiger partial charge in [-0.15, -0.1) is 0 Å². The molecule has 0 fully saturated rings. The van der Waals surface area contributed by atoms with Gasteiger partial charge in [0.1, 0.15) is 5.70 Å². The normalized spacial score (nSPS) is 13.8. The van der Waals surface area contributed by atoms with Crippen LogP contribution in [0.15, 0.2) is 84.6 Å². The molecular weight excluding hydrogens is 408 g/mol. The van der Waals surface area contributed by atoms with Gasteiger partial charge in [0.15, 0.2) is 0 Å². The number of halogens is 1. The fourth-order valence-electron chi connectivity index (χ4n) is 3.63. The molecular formula is C26H23ClN2O2. The number of nitrogens with one attached hydrogen (secondary N) is 1. The van der Waals surface area contributed by atoms with Gasteiger partial charge < -0.3 is 5.32 Å². The maximum atomic E-state index is 13.3. The molecule has 1 heterocycles. The molecule has 1 aliphatic heterocycles. The summed E-state index contributed by atoms with van der Waals surface area (Å²) in [6, 6.07) is 24.7. The zero-order chi connectivity index (χ0) is 21.8. The fourth-order valence-corrected chi connectivity index (χ4v) is 3.76. The van der Waals surface area contributed by atoms with Crippen molar-refractivity contribution < 1.29 is 9.59 Å². The SMILES string of the molecule is CCc1ccc(NC2=C(c3ccc(Cl)cc3)C(=O)N(CCc3ccccc3)C2=O)cc1. The Morgan fingerprint density at radius 1 is 0.806 bits per heavy atom. The van der Waals surface area contributed by atoms with Crippen LogP contribution in [-0.2, 0) is 22.4 Å². The van der Waals surface area contributed by atoms with E-state index < -0.39 is 0 Å². The number of benzene rings is 3. The molecule has 5 heteroatoms. The van der Waals surface area contributed by atoms with Crippen molar-refractivity contribution in [2.45, 2.75) is 19.8 Å². The standard InChI is InChI=1S/C26H23ClN2O2/c1-2-18-8-14-22(15-9-18)28-24-23(20-10-12-21(27)13-11-20)25(30)29(26(24)31)17-16-19-6-4-3-5-7-19/h3-15,28H,2,16-17H2,1H3. The first kappa shape index (κ1) is 20.9. The van der Waals surface area contributed by atoms with Crippen molar-refractivity contribution in [1.82, 2.24) is 4.90 Å². The van der Waals surface area contributed by atoms with E-state index in [-0.39, 0.29) is 11.8 Å². The molecule has 0 unspecified atom stereocenters. The van der Waals surface area contributed by atoms with Crippen molar-refractivity contribution in [2.75, 3.05) is 11.9 Å². The zero-order valence-corrected chi connectivity index (χ0v) is 18.0. The predicted molar refractivity (Wildman–Crippen MR) is 125 cm³/mol. The molecule has 156 valence electrons. The minimum absolute atomic E-state index is 0.295. The van der Waals surface area contributed by atoms with Gasteiger partial charge >= 0.3 is 0 Å². The van der Waals surface area contributed by atoms with Gasteiger partial charge in [-0.25, -0.2) is 0 Å². The average molecular weight is 431 g/mol. The molecule has 0 aliphatic carbocycles. The van der Waals surface area contributed by atoms with Gasteiger partial charge in [0, 0.05) is 17.3 Å². The van der Waals surface area contributed by atoms with E-state index in [1.54, 1.807) is 24.3 Å². The van der Waals surface area contributed by atoms with Crippen LogP contribution in [-0.4, -0.2) is 23.3 Å². The molecule has 0 radical (unpaired) electrons. The maximum absolute atomic E-state index is 13.3. The number of hydrogen-bond donors (Lipinski definition) is 1. The Labute approximate surface area is 187 Å². The van der Waals surface area contributed by atoms with Crippen LogP contribution in [0.3, 0.4) is 0 Å². The third-order valence-corrected chi connectivity index (χ3v) is 5.65. The van der Waals surface area contributed by atoms with Gasteiger partial charge in [-0.3, -0.25) is 14.5 Å². The molecule has 0 spiro atoms. The van der Waals surface area contributed by atoms with Gasteiger partial charge in [-0.1, -0.05) is 73.1 Å². The third-order valence-electron chi connectivity index (χ3n) is 5.40. The summed E-state index contributed by atoms with van der Waals surface area (Å²) in [5.41, 5.74) is 4.38. The van der Waals surface area contributed by atoms with Gasteiger partial charge in [0.05, 0.1) is 5.57 Å². The van der Waals surface area contributed by atoms with Crippen molar-refractivity contribution in [3.8, 4) is 0 Å². The third kappa shape index (κ3) is 4.54. The number of carbonyl (C=O) groups is 2. The summed E-state index contributed by atoms with van der Waals surface area (Å²) in [6.45, 7) is 2.41. The van der Waals surface area contributed by atoms with Gasteiger partial charge in [0.2, 0.25) is 0 Å². The van der Waals surface area contributed by atoms with Gasteiger partial charge in [0.25, 0.3) is 11.8 Å². The van der Waals surface area contributed by atoms with Crippen LogP contribution in [0.2, 0.25) is 5.02 Å². The van der Waals surface area contributed by atoms with Crippen LogP contribution in [0.5, 0.6) is 0 Å². The molecule has 0 saturated heterocycles. The molecule has 1 aliphatic rings. The van der Waals surface area contributed by atoms with E-state index in [1.807, 2.05) is 54.6 Å². The number of anilines is 1. The van der Waals surface area contributed by atoms with Crippen molar-refractivity contribution in [3.63, 3.8) is 0 Å². The fraction of sp³-hybridized carbons (Fsp3) is 0.154. The summed E-state index contributed by atoms with van der Waals surface area (Å²) in [6.07, 6.45) is 1.54. The van der Waals surface area contributed by atoms with Crippen LogP contribution in [0, 0.1) is 0 Å². The predicted octanol–water partition coefficient (Wildman–Crippen LogP) is 5.34. The number of hydrogen-bond acceptors (Lipinski definition) is 3. The Bertz CT molecular complexity index is 1120. The van der Waals surface area contributed by atoms with E-state index in [0.29, 0.717) is 34.8 Å². The largest absolute Gasteiger partial charge is 0.350 e. The van der Waals surface area contributed by atoms with E-state index in [9.17, 15) is 9.59 Å². The van der Waals surface area contributed by atoms with Crippen molar-refractivity contribution in [3.05, 3.63) is 106 Å². The number of imide groups is 1. The summed E-state index contributed by atoms with van der Waals surface area (Å²) in [7, 11) is 0. The molecule has 3 aromatic rings. The molecule has 0 saturated carbocycles. The Balaban J connectivity index is 1.65. The molecule has 4 rings (SSSR count). The second-order valence-electron chi connectivity index (χ2n) is 7.43. The Hall–Kier alpha value is -3.37. The minimum atomic E-state index is -0.314. The van der Waals surface area contributed by atoms with Gasteiger partial charge in [-0.2, -0.15) is 0 Å². The summed E-state index contributed by atoms with van der Waals surface area (Å²) in [5, 5.41) is 3.77. The monoisotopic (exact) mass is 430 g/mol. The smallest absolute Gasteiger partial charge is 0.278 e. The Morgan fingerprint density at radius 2 is 1.48 bits per heavy atom. The lowest BCUT2D eigenvalue weighted by Crippen LogP contribution is -2.34. The maximum Gasteiger partial charge on any atom is 0.278 e. The van der Waals surface area contributed by atoms with Crippen molar-refractivity contribution in [2.24, 2.45) is 0 Å². The first-order chi connectivity index (χ1) is 15.1. The van der Waals surface area contributed by atoms with E-state index >= 15 is 0 Å². The molecule has 0 atom stereocenters. The van der Waals surface area contributed by atoms with Crippen LogP contribution in [0.25, 0.3) is 5.57 Å². The van der Waals surface area contributed by atoms with Crippen molar-refractivity contribution >= 4 is 34.7 Å². The summed E-state index contributed by atoms with van der Waals surface area (Å²) in [4.78, 5) is 27.9. The second kappa shape index (κ2) is 9.19. The highest BCUT2D eigenvalue weighted by atomic mass is 35.5. The number of carbonyl (C=O) groups excluding carboxylic acids is 2. The second-order valence-corrected chi connectivity index (χ2v) is 7.87. The van der Waals surface area contributed by atoms with E-state index in [1.165, 1.54) is 10.5 Å². The first-order valence-electron chi connectivity index (χ1n) is 10.3. The molecule has 0 aromatic heterocycles. The van der Waals surface area contributed by atoms with Crippen LogP contribution < -0.4 is 5.32 Å². The molecule has 1 N–H and O–H groups in total. The quantitative estimate of drug-likeness (QED) is 0.515. The molecule has 2 amide bonds. The Morgan fingerprint density at radius 3 is 2.13 bits per heavy atom. The zero-order valence-electron chi connectivity index (χ0n) is 17.3. The lowest BCUT2D eigenvalue weighted by atomic mass is 10.0. The van der Waals surface area contributed by atoms with Crippen LogP contribution in [0.1, 0.15) is 23.6 Å². The highest BCUT2D eigenvalue weighted by Crippen LogP contribution is 2.31. The molecule has 4 nitrogen and oxygen atoms in total. The highest BCUT2D eigenvalue weighted by Gasteiger charge is 2.38. The highest BCUT2D eigenvalue weighted by molar-refractivity contribution is 6.36. The number of nitrogens with zero attached hydrogens (tertiary/aromatic N) is 1. The van der Waals surface area contributed by atoms with E-state index in [2.05, 4.69) is 12.2 Å². The van der Waals surface area contributed by atoms with Gasteiger partial charge in [-0.05, 0) is 53.8 Å². The number of amides is 2. The first-order valence-corrected chi connectivity index (χ1v) is 10.7. The van der Waals surface area contributed by atoms with Crippen LogP contribution in [0.4, 0.5) is 5.69 Å². The topological polar surface area (TPSA) is 49.4 Å². The lowest BCUT2D eigenvalue weighted by Gasteiger charge is -2.15. The molecule has 31 heavy (non-hydrogen) atoms.